The van der Waals surface area contributed by atoms with Crippen molar-refractivity contribution in [1.29, 1.82) is 0 Å². The van der Waals surface area contributed by atoms with Crippen molar-refractivity contribution in [3.8, 4) is 11.3 Å². The van der Waals surface area contributed by atoms with Gasteiger partial charge in [-0.15, -0.1) is 0 Å². The standard InChI is InChI=1S/C15H15ClN2O4/c1-2-18(7-6-14(19)20)15(21)13-9-12(17-22-13)10-4-3-5-11(16)8-10/h3-5,8-9H,2,6-7H2,1H3,(H,19,20). The number of carbonyl (C=O) groups excluding carboxylic acids is 1. The highest BCUT2D eigenvalue weighted by molar-refractivity contribution is 6.30. The molecular formula is C15H15ClN2O4. The summed E-state index contributed by atoms with van der Waals surface area (Å²) in [6, 6.07) is 8.56. The van der Waals surface area contributed by atoms with E-state index in [0.29, 0.717) is 17.3 Å². The molecule has 116 valence electrons. The molecule has 0 fully saturated rings. The molecule has 0 spiro atoms. The summed E-state index contributed by atoms with van der Waals surface area (Å²) < 4.78 is 5.08. The van der Waals surface area contributed by atoms with Gasteiger partial charge >= 0.3 is 5.97 Å². The topological polar surface area (TPSA) is 83.6 Å². The number of carbonyl (C=O) groups is 2. The molecule has 6 nitrogen and oxygen atoms in total. The number of benzene rings is 1. The minimum atomic E-state index is -0.955. The van der Waals surface area contributed by atoms with Gasteiger partial charge in [0.2, 0.25) is 5.76 Å². The van der Waals surface area contributed by atoms with Crippen LogP contribution in [0.15, 0.2) is 34.9 Å². The van der Waals surface area contributed by atoms with E-state index in [9.17, 15) is 9.59 Å². The molecule has 0 unspecified atom stereocenters. The van der Waals surface area contributed by atoms with Crippen molar-refractivity contribution in [2.24, 2.45) is 0 Å². The summed E-state index contributed by atoms with van der Waals surface area (Å²) in [5.41, 5.74) is 1.24. The van der Waals surface area contributed by atoms with Crippen LogP contribution >= 0.6 is 11.6 Å². The van der Waals surface area contributed by atoms with E-state index in [1.165, 1.54) is 11.0 Å². The summed E-state index contributed by atoms with van der Waals surface area (Å²) >= 11 is 5.92. The first-order valence-electron chi connectivity index (χ1n) is 6.75. The Morgan fingerprint density at radius 3 is 2.77 bits per heavy atom. The largest absolute Gasteiger partial charge is 0.481 e. The fraction of sp³-hybridized carbons (Fsp3) is 0.267. The van der Waals surface area contributed by atoms with Crippen LogP contribution in [0, 0.1) is 0 Å². The Labute approximate surface area is 132 Å². The molecule has 7 heteroatoms. The second kappa shape index (κ2) is 7.09. The van der Waals surface area contributed by atoms with Crippen LogP contribution in [0.3, 0.4) is 0 Å². The van der Waals surface area contributed by atoms with E-state index in [1.54, 1.807) is 31.2 Å². The van der Waals surface area contributed by atoms with Gasteiger partial charge in [-0.25, -0.2) is 0 Å². The summed E-state index contributed by atoms with van der Waals surface area (Å²) in [6.07, 6.45) is -0.116. The number of hydrogen-bond donors (Lipinski definition) is 1. The number of aliphatic carboxylic acids is 1. The number of amides is 1. The van der Waals surface area contributed by atoms with Gasteiger partial charge in [0.15, 0.2) is 0 Å². The van der Waals surface area contributed by atoms with Crippen LogP contribution in [-0.4, -0.2) is 40.1 Å². The Bertz CT molecular complexity index is 684. The summed E-state index contributed by atoms with van der Waals surface area (Å²) in [6.45, 7) is 2.28. The van der Waals surface area contributed by atoms with Gasteiger partial charge in [0.1, 0.15) is 5.69 Å². The monoisotopic (exact) mass is 322 g/mol. The van der Waals surface area contributed by atoms with Crippen molar-refractivity contribution in [2.45, 2.75) is 13.3 Å². The summed E-state index contributed by atoms with van der Waals surface area (Å²) in [5, 5.41) is 13.1. The lowest BCUT2D eigenvalue weighted by atomic mass is 10.1. The Balaban J connectivity index is 2.16. The molecule has 1 aromatic heterocycles. The molecule has 2 aromatic rings. The highest BCUT2D eigenvalue weighted by Gasteiger charge is 2.20. The Morgan fingerprint density at radius 2 is 2.14 bits per heavy atom. The predicted molar refractivity (Wildman–Crippen MR) is 80.8 cm³/mol. The SMILES string of the molecule is CCN(CCC(=O)O)C(=O)c1cc(-c2cccc(Cl)c2)no1. The number of nitrogens with zero attached hydrogens (tertiary/aromatic N) is 2. The molecule has 1 aromatic carbocycles. The summed E-state index contributed by atoms with van der Waals surface area (Å²) in [7, 11) is 0. The molecule has 0 radical (unpaired) electrons. The number of aromatic nitrogens is 1. The number of hydrogen-bond acceptors (Lipinski definition) is 4. The van der Waals surface area contributed by atoms with Gasteiger partial charge in [-0.3, -0.25) is 9.59 Å². The maximum atomic E-state index is 12.3. The Hall–Kier alpha value is -2.34. The maximum absolute atomic E-state index is 12.3. The van der Waals surface area contributed by atoms with E-state index in [2.05, 4.69) is 5.16 Å². The molecule has 0 bridgehead atoms. The average molecular weight is 323 g/mol. The second-order valence-corrected chi connectivity index (χ2v) is 5.05. The van der Waals surface area contributed by atoms with Crippen molar-refractivity contribution < 1.29 is 19.2 Å². The van der Waals surface area contributed by atoms with E-state index < -0.39 is 5.97 Å². The average Bonchev–Trinajstić information content (AvgIpc) is 2.97. The zero-order chi connectivity index (χ0) is 16.1. The third-order valence-electron chi connectivity index (χ3n) is 3.11. The van der Waals surface area contributed by atoms with Crippen molar-refractivity contribution in [3.63, 3.8) is 0 Å². The number of carboxylic acid groups (broad SMARTS) is 1. The summed E-state index contributed by atoms with van der Waals surface area (Å²) in [4.78, 5) is 24.3. The van der Waals surface area contributed by atoms with Crippen molar-refractivity contribution in [3.05, 3.63) is 41.1 Å². The predicted octanol–water partition coefficient (Wildman–Crippen LogP) is 2.93. The Morgan fingerprint density at radius 1 is 1.36 bits per heavy atom. The van der Waals surface area contributed by atoms with Crippen LogP contribution < -0.4 is 0 Å². The maximum Gasteiger partial charge on any atom is 0.305 e. The molecule has 0 saturated heterocycles. The molecule has 1 amide bonds. The number of rotatable bonds is 6. The van der Waals surface area contributed by atoms with E-state index in [-0.39, 0.29) is 24.6 Å². The van der Waals surface area contributed by atoms with Gasteiger partial charge in [0.05, 0.1) is 6.42 Å². The highest BCUT2D eigenvalue weighted by atomic mass is 35.5. The van der Waals surface area contributed by atoms with Crippen LogP contribution in [0.1, 0.15) is 23.9 Å². The normalized spacial score (nSPS) is 10.5. The zero-order valence-electron chi connectivity index (χ0n) is 12.0. The van der Waals surface area contributed by atoms with Crippen LogP contribution in [0.2, 0.25) is 5.02 Å². The van der Waals surface area contributed by atoms with Crippen molar-refractivity contribution in [1.82, 2.24) is 10.1 Å². The van der Waals surface area contributed by atoms with Gasteiger partial charge in [-0.2, -0.15) is 0 Å². The molecule has 0 aliphatic carbocycles. The number of carboxylic acids is 1. The first-order chi connectivity index (χ1) is 10.5. The molecule has 1 heterocycles. The molecule has 1 N–H and O–H groups in total. The zero-order valence-corrected chi connectivity index (χ0v) is 12.7. The molecule has 0 atom stereocenters. The molecule has 0 aliphatic heterocycles. The lowest BCUT2D eigenvalue weighted by Gasteiger charge is -2.17. The molecule has 2 rings (SSSR count). The van der Waals surface area contributed by atoms with E-state index >= 15 is 0 Å². The molecule has 0 aliphatic rings. The molecular weight excluding hydrogens is 308 g/mol. The molecule has 0 saturated carbocycles. The quantitative estimate of drug-likeness (QED) is 0.884. The van der Waals surface area contributed by atoms with Crippen LogP contribution in [0.5, 0.6) is 0 Å². The molecule has 22 heavy (non-hydrogen) atoms. The smallest absolute Gasteiger partial charge is 0.305 e. The van der Waals surface area contributed by atoms with E-state index in [0.717, 1.165) is 5.56 Å². The van der Waals surface area contributed by atoms with Crippen LogP contribution in [-0.2, 0) is 4.79 Å². The van der Waals surface area contributed by atoms with Gasteiger partial charge in [0.25, 0.3) is 5.91 Å². The number of halogens is 1. The fourth-order valence-electron chi connectivity index (χ4n) is 1.95. The first kappa shape index (κ1) is 16.0. The first-order valence-corrected chi connectivity index (χ1v) is 7.12. The van der Waals surface area contributed by atoms with E-state index in [4.69, 9.17) is 21.2 Å². The van der Waals surface area contributed by atoms with Gasteiger partial charge in [-0.05, 0) is 19.1 Å². The lowest BCUT2D eigenvalue weighted by molar-refractivity contribution is -0.137. The third kappa shape index (κ3) is 3.85. The lowest BCUT2D eigenvalue weighted by Crippen LogP contribution is -2.32. The Kier molecular flexibility index (Phi) is 5.16. The minimum absolute atomic E-state index is 0.0715. The van der Waals surface area contributed by atoms with Crippen molar-refractivity contribution in [2.75, 3.05) is 13.1 Å². The van der Waals surface area contributed by atoms with Crippen molar-refractivity contribution >= 4 is 23.5 Å². The highest BCUT2D eigenvalue weighted by Crippen LogP contribution is 2.23. The van der Waals surface area contributed by atoms with Crippen LogP contribution in [0.4, 0.5) is 0 Å². The van der Waals surface area contributed by atoms with Gasteiger partial charge < -0.3 is 14.5 Å². The third-order valence-corrected chi connectivity index (χ3v) is 3.34. The fourth-order valence-corrected chi connectivity index (χ4v) is 2.14. The van der Waals surface area contributed by atoms with Gasteiger partial charge in [0, 0.05) is 29.7 Å². The summed E-state index contributed by atoms with van der Waals surface area (Å²) in [5.74, 6) is -1.27. The van der Waals surface area contributed by atoms with Crippen LogP contribution in [0.25, 0.3) is 11.3 Å². The van der Waals surface area contributed by atoms with E-state index in [1.807, 2.05) is 0 Å². The van der Waals surface area contributed by atoms with Gasteiger partial charge in [-0.1, -0.05) is 28.9 Å². The minimum Gasteiger partial charge on any atom is -0.481 e. The second-order valence-electron chi connectivity index (χ2n) is 4.62.